The summed E-state index contributed by atoms with van der Waals surface area (Å²) in [5, 5.41) is 9.96. The van der Waals surface area contributed by atoms with Crippen LogP contribution in [0, 0.1) is 11.3 Å². The van der Waals surface area contributed by atoms with Gasteiger partial charge in [0, 0.05) is 32.4 Å². The van der Waals surface area contributed by atoms with Crippen LogP contribution in [0.2, 0.25) is 5.02 Å². The molecule has 8 nitrogen and oxygen atoms in total. The van der Waals surface area contributed by atoms with E-state index >= 15 is 0 Å². The molecular formula is C18H14ClF3N8. The van der Waals surface area contributed by atoms with Gasteiger partial charge in [0.15, 0.2) is 5.65 Å². The van der Waals surface area contributed by atoms with Gasteiger partial charge >= 0.3 is 6.18 Å². The largest absolute Gasteiger partial charge is 0.417 e. The number of fused-ring (bicyclic) bond motifs is 1. The first kappa shape index (κ1) is 19.9. The molecule has 0 unspecified atom stereocenters. The number of aromatic nitrogens is 4. The van der Waals surface area contributed by atoms with E-state index in [0.717, 1.165) is 12.3 Å². The Labute approximate surface area is 173 Å². The maximum Gasteiger partial charge on any atom is 0.417 e. The van der Waals surface area contributed by atoms with E-state index in [1.54, 1.807) is 11.0 Å². The van der Waals surface area contributed by atoms with Gasteiger partial charge < -0.3 is 15.5 Å². The lowest BCUT2D eigenvalue weighted by atomic mass is 10.2. The van der Waals surface area contributed by atoms with Gasteiger partial charge in [0.2, 0.25) is 0 Å². The van der Waals surface area contributed by atoms with Gasteiger partial charge in [0.25, 0.3) is 0 Å². The van der Waals surface area contributed by atoms with Gasteiger partial charge in [-0.2, -0.15) is 18.4 Å². The van der Waals surface area contributed by atoms with Crippen molar-refractivity contribution in [3.63, 3.8) is 0 Å². The number of alkyl halides is 3. The number of nitrogen functional groups attached to an aromatic ring is 1. The molecule has 154 valence electrons. The van der Waals surface area contributed by atoms with Crippen LogP contribution in [0.3, 0.4) is 0 Å². The Balaban J connectivity index is 1.56. The van der Waals surface area contributed by atoms with Gasteiger partial charge in [0.1, 0.15) is 29.9 Å². The van der Waals surface area contributed by atoms with Gasteiger partial charge in [-0.15, -0.1) is 0 Å². The van der Waals surface area contributed by atoms with Crippen molar-refractivity contribution < 1.29 is 13.2 Å². The number of nitrogens with zero attached hydrogens (tertiary/aromatic N) is 7. The predicted octanol–water partition coefficient (Wildman–Crippen LogP) is 2.87. The second-order valence-electron chi connectivity index (χ2n) is 6.60. The molecule has 1 aliphatic heterocycles. The summed E-state index contributed by atoms with van der Waals surface area (Å²) in [7, 11) is 0. The number of rotatable bonds is 2. The quantitative estimate of drug-likeness (QED) is 0.656. The molecule has 0 amide bonds. The van der Waals surface area contributed by atoms with E-state index in [1.807, 2.05) is 4.90 Å². The highest BCUT2D eigenvalue weighted by atomic mass is 35.5. The molecule has 1 saturated heterocycles. The van der Waals surface area contributed by atoms with Crippen LogP contribution in [-0.4, -0.2) is 46.1 Å². The van der Waals surface area contributed by atoms with Crippen molar-refractivity contribution in [2.75, 3.05) is 41.7 Å². The number of nitriles is 1. The molecule has 0 spiro atoms. The smallest absolute Gasteiger partial charge is 0.383 e. The predicted molar refractivity (Wildman–Crippen MR) is 105 cm³/mol. The summed E-state index contributed by atoms with van der Waals surface area (Å²) in [6.45, 7) is 1.81. The molecule has 1 fully saturated rings. The molecule has 3 aromatic heterocycles. The molecule has 0 radical (unpaired) electrons. The fourth-order valence-corrected chi connectivity index (χ4v) is 3.55. The molecule has 1 aliphatic rings. The Bertz CT molecular complexity index is 1150. The Morgan fingerprint density at radius 2 is 1.70 bits per heavy atom. The number of hydrogen-bond donors (Lipinski definition) is 1. The monoisotopic (exact) mass is 434 g/mol. The average molecular weight is 435 g/mol. The van der Waals surface area contributed by atoms with Gasteiger partial charge in [-0.3, -0.25) is 0 Å². The molecule has 4 heterocycles. The minimum absolute atomic E-state index is 0.0630. The summed E-state index contributed by atoms with van der Waals surface area (Å²) in [5.41, 5.74) is 5.66. The first-order valence-corrected chi connectivity index (χ1v) is 9.19. The lowest BCUT2D eigenvalue weighted by Crippen LogP contribution is -2.47. The van der Waals surface area contributed by atoms with Crippen molar-refractivity contribution in [3.05, 3.63) is 40.8 Å². The van der Waals surface area contributed by atoms with E-state index in [1.165, 1.54) is 6.33 Å². The van der Waals surface area contributed by atoms with E-state index < -0.39 is 11.7 Å². The highest BCUT2D eigenvalue weighted by Gasteiger charge is 2.32. The topological polar surface area (TPSA) is 108 Å². The van der Waals surface area contributed by atoms with Crippen LogP contribution in [-0.2, 0) is 6.18 Å². The summed E-state index contributed by atoms with van der Waals surface area (Å²) in [6.07, 6.45) is -2.43. The number of halogens is 4. The third-order valence-corrected chi connectivity index (χ3v) is 5.06. The summed E-state index contributed by atoms with van der Waals surface area (Å²) >= 11 is 6.05. The zero-order valence-corrected chi connectivity index (χ0v) is 16.1. The minimum Gasteiger partial charge on any atom is -0.383 e. The summed E-state index contributed by atoms with van der Waals surface area (Å²) < 4.78 is 38.5. The molecule has 0 aliphatic carbocycles. The Kier molecular flexibility index (Phi) is 4.95. The third-order valence-electron chi connectivity index (χ3n) is 4.78. The second-order valence-corrected chi connectivity index (χ2v) is 7.01. The van der Waals surface area contributed by atoms with Crippen molar-refractivity contribution in [2.24, 2.45) is 0 Å². The van der Waals surface area contributed by atoms with Crippen molar-refractivity contribution in [1.82, 2.24) is 19.9 Å². The van der Waals surface area contributed by atoms with E-state index in [-0.39, 0.29) is 16.7 Å². The highest BCUT2D eigenvalue weighted by Crippen LogP contribution is 2.34. The molecule has 30 heavy (non-hydrogen) atoms. The molecule has 3 aromatic rings. The van der Waals surface area contributed by atoms with E-state index in [4.69, 9.17) is 17.3 Å². The number of piperazine rings is 1. The minimum atomic E-state index is -4.50. The SMILES string of the molecule is N#Cc1cc2c(N)ncnc2nc1N1CCN(c2ncc(C(F)(F)F)cc2Cl)CC1. The Morgan fingerprint density at radius 1 is 1.03 bits per heavy atom. The van der Waals surface area contributed by atoms with E-state index in [0.29, 0.717) is 48.6 Å². The van der Waals surface area contributed by atoms with Crippen LogP contribution in [0.25, 0.3) is 11.0 Å². The van der Waals surface area contributed by atoms with Crippen LogP contribution in [0.4, 0.5) is 30.6 Å². The standard InChI is InChI=1S/C18H14ClF3N8/c19-13-6-11(18(20,21)22)8-25-17(13)30-3-1-29(2-4-30)16-10(7-23)5-12-14(24)26-9-27-15(12)28-16/h5-6,8-9H,1-4H2,(H2,24,26,27,28). The molecule has 12 heteroatoms. The average Bonchev–Trinajstić information content (AvgIpc) is 2.72. The van der Waals surface area contributed by atoms with Crippen molar-refractivity contribution in [3.8, 4) is 6.07 Å². The van der Waals surface area contributed by atoms with Gasteiger partial charge in [0.05, 0.1) is 21.5 Å². The fourth-order valence-electron chi connectivity index (χ4n) is 3.27. The maximum absolute atomic E-state index is 12.8. The second kappa shape index (κ2) is 7.46. The highest BCUT2D eigenvalue weighted by molar-refractivity contribution is 6.33. The first-order valence-electron chi connectivity index (χ1n) is 8.82. The molecule has 4 rings (SSSR count). The molecule has 0 atom stereocenters. The van der Waals surface area contributed by atoms with Crippen molar-refractivity contribution >= 4 is 40.1 Å². The van der Waals surface area contributed by atoms with Gasteiger partial charge in [-0.25, -0.2) is 19.9 Å². The van der Waals surface area contributed by atoms with Gasteiger partial charge in [-0.05, 0) is 12.1 Å². The third kappa shape index (κ3) is 3.61. The summed E-state index contributed by atoms with van der Waals surface area (Å²) in [6, 6.07) is 4.59. The number of pyridine rings is 2. The summed E-state index contributed by atoms with van der Waals surface area (Å²) in [5.74, 6) is 0.995. The van der Waals surface area contributed by atoms with E-state index in [2.05, 4.69) is 26.0 Å². The van der Waals surface area contributed by atoms with Crippen LogP contribution in [0.1, 0.15) is 11.1 Å². The molecular weight excluding hydrogens is 421 g/mol. The Morgan fingerprint density at radius 3 is 2.30 bits per heavy atom. The van der Waals surface area contributed by atoms with E-state index in [9.17, 15) is 18.4 Å². The lowest BCUT2D eigenvalue weighted by molar-refractivity contribution is -0.137. The zero-order valence-electron chi connectivity index (χ0n) is 15.4. The lowest BCUT2D eigenvalue weighted by Gasteiger charge is -2.36. The van der Waals surface area contributed by atoms with Crippen LogP contribution in [0.5, 0.6) is 0 Å². The van der Waals surface area contributed by atoms with Crippen molar-refractivity contribution in [1.29, 1.82) is 5.26 Å². The molecule has 0 bridgehead atoms. The normalized spacial score (nSPS) is 14.8. The maximum atomic E-state index is 12.8. The summed E-state index contributed by atoms with van der Waals surface area (Å²) in [4.78, 5) is 20.1. The molecule has 2 N–H and O–H groups in total. The van der Waals surface area contributed by atoms with Crippen molar-refractivity contribution in [2.45, 2.75) is 6.18 Å². The Hall–Kier alpha value is -3.39. The van der Waals surface area contributed by atoms with Crippen LogP contribution in [0.15, 0.2) is 24.7 Å². The molecule has 0 saturated carbocycles. The van der Waals surface area contributed by atoms with Crippen LogP contribution < -0.4 is 15.5 Å². The number of hydrogen-bond acceptors (Lipinski definition) is 8. The van der Waals surface area contributed by atoms with Gasteiger partial charge in [-0.1, -0.05) is 11.6 Å². The number of anilines is 3. The van der Waals surface area contributed by atoms with Crippen LogP contribution >= 0.6 is 11.6 Å². The number of nitrogens with two attached hydrogens (primary N) is 1. The first-order chi connectivity index (χ1) is 14.3. The zero-order chi connectivity index (χ0) is 21.5. The molecule has 0 aromatic carbocycles. The fraction of sp³-hybridized carbons (Fsp3) is 0.278.